The molecule has 0 unspecified atom stereocenters. The van der Waals surface area contributed by atoms with E-state index in [9.17, 15) is 8.42 Å². The van der Waals surface area contributed by atoms with E-state index < -0.39 is 10.0 Å². The third-order valence-electron chi connectivity index (χ3n) is 2.56. The molecule has 0 radical (unpaired) electrons. The zero-order chi connectivity index (χ0) is 14.8. The number of halogens is 2. The minimum Gasteiger partial charge on any atom is -0.252 e. The molecule has 20 heavy (non-hydrogen) atoms. The SMILES string of the molecule is NS(=O)(=O)CCCn1cc(-c2ccc(Br)cc2Cl)nn1. The second kappa shape index (κ2) is 6.21. The smallest absolute Gasteiger partial charge is 0.209 e. The van der Waals surface area contributed by atoms with Crippen molar-refractivity contribution < 1.29 is 8.42 Å². The molecule has 2 N–H and O–H groups in total. The van der Waals surface area contributed by atoms with Crippen LogP contribution in [0.5, 0.6) is 0 Å². The molecule has 0 saturated carbocycles. The number of primary sulfonamides is 1. The van der Waals surface area contributed by atoms with E-state index in [0.717, 1.165) is 10.0 Å². The lowest BCUT2D eigenvalue weighted by Gasteiger charge is -2.00. The molecule has 0 atom stereocenters. The summed E-state index contributed by atoms with van der Waals surface area (Å²) in [6, 6.07) is 5.48. The van der Waals surface area contributed by atoms with E-state index in [1.807, 2.05) is 12.1 Å². The lowest BCUT2D eigenvalue weighted by atomic mass is 10.2. The second-order valence-corrected chi connectivity index (χ2v) is 7.27. The molecule has 0 bridgehead atoms. The summed E-state index contributed by atoms with van der Waals surface area (Å²) in [5.74, 6) is -0.0821. The third kappa shape index (κ3) is 4.27. The molecule has 0 fully saturated rings. The lowest BCUT2D eigenvalue weighted by molar-refractivity contribution is 0.562. The van der Waals surface area contributed by atoms with E-state index >= 15 is 0 Å². The van der Waals surface area contributed by atoms with Crippen LogP contribution >= 0.6 is 27.5 Å². The van der Waals surface area contributed by atoms with Crippen molar-refractivity contribution in [3.05, 3.63) is 33.9 Å². The minimum absolute atomic E-state index is 0.0821. The fourth-order valence-electron chi connectivity index (χ4n) is 1.66. The van der Waals surface area contributed by atoms with Crippen LogP contribution in [-0.2, 0) is 16.6 Å². The normalized spacial score (nSPS) is 11.8. The molecule has 6 nitrogen and oxygen atoms in total. The van der Waals surface area contributed by atoms with Crippen molar-refractivity contribution in [3.63, 3.8) is 0 Å². The van der Waals surface area contributed by atoms with Crippen LogP contribution in [0.1, 0.15) is 6.42 Å². The third-order valence-corrected chi connectivity index (χ3v) is 4.23. The van der Waals surface area contributed by atoms with Gasteiger partial charge in [-0.25, -0.2) is 13.6 Å². The zero-order valence-electron chi connectivity index (χ0n) is 10.3. The van der Waals surface area contributed by atoms with Gasteiger partial charge in [0.15, 0.2) is 0 Å². The Hall–Kier alpha value is -0.960. The molecule has 0 spiro atoms. The van der Waals surface area contributed by atoms with E-state index in [-0.39, 0.29) is 5.75 Å². The van der Waals surface area contributed by atoms with Gasteiger partial charge in [-0.05, 0) is 18.6 Å². The van der Waals surface area contributed by atoms with Crippen LogP contribution in [0.25, 0.3) is 11.3 Å². The maximum Gasteiger partial charge on any atom is 0.209 e. The molecule has 1 heterocycles. The first-order valence-electron chi connectivity index (χ1n) is 5.71. The number of nitrogens with two attached hydrogens (primary N) is 1. The fourth-order valence-corrected chi connectivity index (χ4v) is 2.96. The van der Waals surface area contributed by atoms with Crippen LogP contribution in [0.4, 0.5) is 0 Å². The lowest BCUT2D eigenvalue weighted by Crippen LogP contribution is -2.17. The van der Waals surface area contributed by atoms with Gasteiger partial charge in [0, 0.05) is 16.6 Å². The Bertz CT molecular complexity index is 717. The van der Waals surface area contributed by atoms with Gasteiger partial charge in [-0.3, -0.25) is 4.68 Å². The number of hydrogen-bond acceptors (Lipinski definition) is 4. The fraction of sp³-hybridized carbons (Fsp3) is 0.273. The maximum atomic E-state index is 10.8. The van der Waals surface area contributed by atoms with Crippen molar-refractivity contribution in [3.8, 4) is 11.3 Å². The van der Waals surface area contributed by atoms with Gasteiger partial charge in [-0.15, -0.1) is 5.10 Å². The molecule has 108 valence electrons. The summed E-state index contributed by atoms with van der Waals surface area (Å²) in [6.07, 6.45) is 2.11. The van der Waals surface area contributed by atoms with E-state index in [1.165, 1.54) is 0 Å². The average Bonchev–Trinajstić information content (AvgIpc) is 2.75. The minimum atomic E-state index is -3.44. The van der Waals surface area contributed by atoms with Gasteiger partial charge in [0.2, 0.25) is 10.0 Å². The molecule has 1 aromatic heterocycles. The number of hydrogen-bond donors (Lipinski definition) is 1. The van der Waals surface area contributed by atoms with Gasteiger partial charge in [-0.1, -0.05) is 38.8 Å². The molecule has 2 rings (SSSR count). The average molecular weight is 380 g/mol. The van der Waals surface area contributed by atoms with E-state index in [0.29, 0.717) is 23.7 Å². The monoisotopic (exact) mass is 378 g/mol. The van der Waals surface area contributed by atoms with Gasteiger partial charge in [0.1, 0.15) is 5.69 Å². The van der Waals surface area contributed by atoms with Crippen molar-refractivity contribution >= 4 is 37.6 Å². The molecule has 1 aromatic carbocycles. The van der Waals surface area contributed by atoms with Crippen molar-refractivity contribution in [1.29, 1.82) is 0 Å². The molecule has 0 saturated heterocycles. The number of rotatable bonds is 5. The highest BCUT2D eigenvalue weighted by atomic mass is 79.9. The van der Waals surface area contributed by atoms with Gasteiger partial charge in [-0.2, -0.15) is 0 Å². The Morgan fingerprint density at radius 2 is 2.15 bits per heavy atom. The summed E-state index contributed by atoms with van der Waals surface area (Å²) in [5, 5.41) is 13.5. The summed E-state index contributed by atoms with van der Waals surface area (Å²) < 4.78 is 24.1. The summed E-state index contributed by atoms with van der Waals surface area (Å²) in [4.78, 5) is 0. The Kier molecular flexibility index (Phi) is 4.79. The van der Waals surface area contributed by atoms with Crippen LogP contribution in [-0.4, -0.2) is 29.2 Å². The Labute approximate surface area is 130 Å². The first-order valence-corrected chi connectivity index (χ1v) is 8.60. The van der Waals surface area contributed by atoms with Crippen LogP contribution in [0, 0.1) is 0 Å². The largest absolute Gasteiger partial charge is 0.252 e. The highest BCUT2D eigenvalue weighted by molar-refractivity contribution is 9.10. The number of sulfonamides is 1. The highest BCUT2D eigenvalue weighted by Crippen LogP contribution is 2.28. The molecule has 0 aliphatic carbocycles. The number of aryl methyl sites for hydroxylation is 1. The van der Waals surface area contributed by atoms with Gasteiger partial charge in [0.25, 0.3) is 0 Å². The molecule has 2 aromatic rings. The van der Waals surface area contributed by atoms with Gasteiger partial charge in [0.05, 0.1) is 17.0 Å². The summed E-state index contributed by atoms with van der Waals surface area (Å²) >= 11 is 9.47. The van der Waals surface area contributed by atoms with Crippen molar-refractivity contribution in [1.82, 2.24) is 15.0 Å². The summed E-state index contributed by atoms with van der Waals surface area (Å²) in [6.45, 7) is 0.428. The summed E-state index contributed by atoms with van der Waals surface area (Å²) in [7, 11) is -3.44. The van der Waals surface area contributed by atoms with Gasteiger partial charge >= 0.3 is 0 Å². The predicted molar refractivity (Wildman–Crippen MR) is 80.8 cm³/mol. The van der Waals surface area contributed by atoms with E-state index in [2.05, 4.69) is 26.2 Å². The van der Waals surface area contributed by atoms with Gasteiger partial charge < -0.3 is 0 Å². The van der Waals surface area contributed by atoms with Crippen LogP contribution in [0.15, 0.2) is 28.9 Å². The Balaban J connectivity index is 2.09. The number of benzene rings is 1. The van der Waals surface area contributed by atoms with Crippen molar-refractivity contribution in [2.45, 2.75) is 13.0 Å². The molecular weight excluding hydrogens is 368 g/mol. The Morgan fingerprint density at radius 3 is 2.80 bits per heavy atom. The predicted octanol–water partition coefficient (Wildman–Crippen LogP) is 2.04. The van der Waals surface area contributed by atoms with Crippen LogP contribution in [0.3, 0.4) is 0 Å². The van der Waals surface area contributed by atoms with Crippen molar-refractivity contribution in [2.24, 2.45) is 5.14 Å². The molecule has 0 aliphatic heterocycles. The molecule has 0 aliphatic rings. The number of nitrogens with zero attached hydrogens (tertiary/aromatic N) is 3. The topological polar surface area (TPSA) is 90.9 Å². The molecule has 9 heteroatoms. The first-order chi connectivity index (χ1) is 9.35. The Morgan fingerprint density at radius 1 is 1.40 bits per heavy atom. The van der Waals surface area contributed by atoms with Crippen LogP contribution < -0.4 is 5.14 Å². The molecule has 0 amide bonds. The van der Waals surface area contributed by atoms with Crippen LogP contribution in [0.2, 0.25) is 5.02 Å². The van der Waals surface area contributed by atoms with E-state index in [1.54, 1.807) is 16.9 Å². The standard InChI is InChI=1S/C11H12BrClN4O2S/c12-8-2-3-9(10(13)6-8)11-7-17(16-15-11)4-1-5-20(14,18)19/h2-3,6-7H,1,4-5H2,(H2,14,18,19). The summed E-state index contributed by atoms with van der Waals surface area (Å²) in [5.41, 5.74) is 1.41. The van der Waals surface area contributed by atoms with E-state index in [4.69, 9.17) is 16.7 Å². The zero-order valence-corrected chi connectivity index (χ0v) is 13.5. The quantitative estimate of drug-likeness (QED) is 0.860. The maximum absolute atomic E-state index is 10.8. The number of aromatic nitrogens is 3. The van der Waals surface area contributed by atoms with Crippen molar-refractivity contribution in [2.75, 3.05) is 5.75 Å². The second-order valence-electron chi connectivity index (χ2n) is 4.21. The molecular formula is C11H12BrClN4O2S. The highest BCUT2D eigenvalue weighted by Gasteiger charge is 2.09. The first kappa shape index (κ1) is 15.4.